The van der Waals surface area contributed by atoms with Gasteiger partial charge in [0.2, 0.25) is 5.13 Å². The average Bonchev–Trinajstić information content (AvgIpc) is 3.27. The lowest BCUT2D eigenvalue weighted by Crippen LogP contribution is -2.39. The van der Waals surface area contributed by atoms with Crippen molar-refractivity contribution in [1.82, 2.24) is 14.7 Å². The molecule has 0 spiro atoms. The molecule has 0 bridgehead atoms. The van der Waals surface area contributed by atoms with Crippen LogP contribution in [0, 0.1) is 17.2 Å². The molecule has 0 aliphatic carbocycles. The predicted molar refractivity (Wildman–Crippen MR) is 122 cm³/mol. The Morgan fingerprint density at radius 1 is 1.16 bits per heavy atom. The largest absolute Gasteiger partial charge is 0.347 e. The third-order valence-electron chi connectivity index (χ3n) is 5.35. The molecule has 1 aliphatic rings. The molecule has 7 nitrogen and oxygen atoms in total. The van der Waals surface area contributed by atoms with Crippen molar-refractivity contribution in [3.63, 3.8) is 0 Å². The molecule has 0 saturated carbocycles. The molecule has 1 aliphatic heterocycles. The van der Waals surface area contributed by atoms with Crippen LogP contribution in [0.4, 0.5) is 15.6 Å². The molecule has 2 heterocycles. The highest BCUT2D eigenvalue weighted by atomic mass is 32.1. The van der Waals surface area contributed by atoms with Gasteiger partial charge in [0.15, 0.2) is 0 Å². The minimum absolute atomic E-state index is 0.243. The van der Waals surface area contributed by atoms with Gasteiger partial charge in [-0.25, -0.2) is 9.78 Å². The summed E-state index contributed by atoms with van der Waals surface area (Å²) < 4.78 is 4.52. The summed E-state index contributed by atoms with van der Waals surface area (Å²) in [5, 5.41) is 15.7. The Balaban J connectivity index is 1.21. The first kappa shape index (κ1) is 20.8. The summed E-state index contributed by atoms with van der Waals surface area (Å²) in [5.74, 6) is 1.30. The molecular weight excluding hydrogens is 408 g/mol. The molecule has 8 heteroatoms. The zero-order valence-electron chi connectivity index (χ0n) is 17.1. The van der Waals surface area contributed by atoms with Gasteiger partial charge in [-0.2, -0.15) is 9.64 Å². The van der Waals surface area contributed by atoms with Gasteiger partial charge in [0.05, 0.1) is 11.6 Å². The van der Waals surface area contributed by atoms with Crippen LogP contribution in [-0.2, 0) is 6.42 Å². The van der Waals surface area contributed by atoms with Crippen molar-refractivity contribution in [2.45, 2.75) is 19.3 Å². The van der Waals surface area contributed by atoms with Crippen molar-refractivity contribution in [1.29, 1.82) is 5.26 Å². The number of rotatable bonds is 6. The molecule has 31 heavy (non-hydrogen) atoms. The third kappa shape index (κ3) is 5.80. The number of carbonyl (C=O) groups is 1. The monoisotopic (exact) mass is 432 g/mol. The molecule has 1 fully saturated rings. The lowest BCUT2D eigenvalue weighted by Gasteiger charge is -2.31. The second kappa shape index (κ2) is 10.0. The number of piperidine rings is 1. The molecule has 2 amide bonds. The first-order valence-electron chi connectivity index (χ1n) is 10.4. The number of anilines is 2. The average molecular weight is 433 g/mol. The van der Waals surface area contributed by atoms with Crippen LogP contribution < -0.4 is 15.5 Å². The minimum atomic E-state index is -0.243. The second-order valence-corrected chi connectivity index (χ2v) is 8.34. The van der Waals surface area contributed by atoms with Crippen LogP contribution in [0.5, 0.6) is 0 Å². The fourth-order valence-corrected chi connectivity index (χ4v) is 4.37. The van der Waals surface area contributed by atoms with E-state index in [9.17, 15) is 4.79 Å². The van der Waals surface area contributed by atoms with Crippen LogP contribution >= 0.6 is 11.5 Å². The quantitative estimate of drug-likeness (QED) is 0.613. The maximum atomic E-state index is 12.2. The number of benzene rings is 2. The van der Waals surface area contributed by atoms with Crippen LogP contribution in [-0.4, -0.2) is 35.0 Å². The molecular formula is C23H24N6OS. The fraction of sp³-hybridized carbons (Fsp3) is 0.304. The number of nitriles is 1. The molecule has 0 unspecified atom stereocenters. The van der Waals surface area contributed by atoms with E-state index in [1.165, 1.54) is 17.1 Å². The van der Waals surface area contributed by atoms with Gasteiger partial charge >= 0.3 is 6.03 Å². The number of aromatic nitrogens is 2. The Morgan fingerprint density at radius 3 is 2.74 bits per heavy atom. The molecule has 0 atom stereocenters. The zero-order chi connectivity index (χ0) is 21.5. The lowest BCUT2D eigenvalue weighted by molar-refractivity contribution is 0.248. The smallest absolute Gasteiger partial charge is 0.319 e. The highest BCUT2D eigenvalue weighted by molar-refractivity contribution is 7.09. The van der Waals surface area contributed by atoms with E-state index >= 15 is 0 Å². The molecule has 1 saturated heterocycles. The van der Waals surface area contributed by atoms with Crippen molar-refractivity contribution >= 4 is 28.4 Å². The number of amides is 2. The first-order chi connectivity index (χ1) is 15.2. The van der Waals surface area contributed by atoms with Crippen LogP contribution in [0.2, 0.25) is 0 Å². The van der Waals surface area contributed by atoms with E-state index in [0.717, 1.165) is 43.3 Å². The Bertz CT molecular complexity index is 1050. The van der Waals surface area contributed by atoms with Crippen molar-refractivity contribution in [2.75, 3.05) is 29.9 Å². The van der Waals surface area contributed by atoms with Crippen LogP contribution in [0.3, 0.4) is 0 Å². The molecule has 4 rings (SSSR count). The maximum Gasteiger partial charge on any atom is 0.319 e. The lowest BCUT2D eigenvalue weighted by atomic mass is 9.97. The molecule has 1 aromatic heterocycles. The van der Waals surface area contributed by atoms with E-state index in [1.54, 1.807) is 24.3 Å². The van der Waals surface area contributed by atoms with E-state index in [0.29, 0.717) is 23.7 Å². The molecule has 158 valence electrons. The summed E-state index contributed by atoms with van der Waals surface area (Å²) in [6.07, 6.45) is 2.75. The fourth-order valence-electron chi connectivity index (χ4n) is 3.63. The summed E-state index contributed by atoms with van der Waals surface area (Å²) in [7, 11) is 0. The van der Waals surface area contributed by atoms with Gasteiger partial charge in [0.25, 0.3) is 0 Å². The van der Waals surface area contributed by atoms with E-state index < -0.39 is 0 Å². The van der Waals surface area contributed by atoms with E-state index in [2.05, 4.69) is 38.1 Å². The van der Waals surface area contributed by atoms with Crippen molar-refractivity contribution in [3.8, 4) is 6.07 Å². The number of nitrogens with one attached hydrogen (secondary N) is 2. The number of carbonyl (C=O) groups excluding carboxylic acids is 1. The van der Waals surface area contributed by atoms with Gasteiger partial charge in [0.1, 0.15) is 5.82 Å². The molecule has 3 aromatic rings. The van der Waals surface area contributed by atoms with E-state index in [1.807, 2.05) is 18.2 Å². The van der Waals surface area contributed by atoms with Crippen molar-refractivity contribution < 1.29 is 4.79 Å². The summed E-state index contributed by atoms with van der Waals surface area (Å²) in [5.41, 5.74) is 2.36. The van der Waals surface area contributed by atoms with E-state index in [4.69, 9.17) is 10.2 Å². The topological polar surface area (TPSA) is 93.9 Å². The summed E-state index contributed by atoms with van der Waals surface area (Å²) in [4.78, 5) is 19.2. The molecule has 2 N–H and O–H groups in total. The van der Waals surface area contributed by atoms with Crippen molar-refractivity contribution in [2.24, 2.45) is 5.92 Å². The molecule has 0 radical (unpaired) electrons. The van der Waals surface area contributed by atoms with Crippen LogP contribution in [0.15, 0.2) is 54.6 Å². The van der Waals surface area contributed by atoms with Crippen LogP contribution in [0.1, 0.15) is 29.8 Å². The van der Waals surface area contributed by atoms with Crippen LogP contribution in [0.25, 0.3) is 0 Å². The highest BCUT2D eigenvalue weighted by Gasteiger charge is 2.22. The Morgan fingerprint density at radius 2 is 1.97 bits per heavy atom. The predicted octanol–water partition coefficient (Wildman–Crippen LogP) is 4.04. The van der Waals surface area contributed by atoms with Gasteiger partial charge in [0, 0.05) is 43.3 Å². The SMILES string of the molecule is N#Cc1cccc(NC(=O)NCC2CCN(c3nc(Cc4ccccc4)ns3)CC2)c1. The normalized spacial score (nSPS) is 14.1. The van der Waals surface area contributed by atoms with Gasteiger partial charge < -0.3 is 15.5 Å². The maximum absolute atomic E-state index is 12.2. The summed E-state index contributed by atoms with van der Waals surface area (Å²) >= 11 is 1.46. The second-order valence-electron chi connectivity index (χ2n) is 7.61. The Labute approximate surface area is 185 Å². The summed E-state index contributed by atoms with van der Waals surface area (Å²) in [6.45, 7) is 2.46. The number of hydrogen-bond acceptors (Lipinski definition) is 6. The van der Waals surface area contributed by atoms with Gasteiger partial charge in [-0.3, -0.25) is 0 Å². The Hall–Kier alpha value is -3.44. The van der Waals surface area contributed by atoms with Gasteiger partial charge in [-0.05, 0) is 42.5 Å². The van der Waals surface area contributed by atoms with Gasteiger partial charge in [-0.1, -0.05) is 36.4 Å². The molecule has 2 aromatic carbocycles. The standard InChI is InChI=1S/C23H24N6OS/c24-15-19-7-4-8-20(13-19)26-22(30)25-16-18-9-11-29(12-10-18)23-27-21(28-31-23)14-17-5-2-1-3-6-17/h1-8,13,18H,9-12,14,16H2,(H2,25,26,30). The first-order valence-corrected chi connectivity index (χ1v) is 11.1. The number of hydrogen-bond donors (Lipinski definition) is 2. The minimum Gasteiger partial charge on any atom is -0.347 e. The Kier molecular flexibility index (Phi) is 6.75. The third-order valence-corrected chi connectivity index (χ3v) is 6.16. The number of urea groups is 1. The highest BCUT2D eigenvalue weighted by Crippen LogP contribution is 2.25. The van der Waals surface area contributed by atoms with Crippen molar-refractivity contribution in [3.05, 3.63) is 71.5 Å². The number of nitrogens with zero attached hydrogens (tertiary/aromatic N) is 4. The van der Waals surface area contributed by atoms with E-state index in [-0.39, 0.29) is 6.03 Å². The van der Waals surface area contributed by atoms with Gasteiger partial charge in [-0.15, -0.1) is 0 Å². The zero-order valence-corrected chi connectivity index (χ0v) is 17.9. The summed E-state index contributed by atoms with van der Waals surface area (Å²) in [6, 6.07) is 19.0.